The summed E-state index contributed by atoms with van der Waals surface area (Å²) in [6, 6.07) is 13.2. The Morgan fingerprint density at radius 3 is 2.48 bits per heavy atom. The minimum atomic E-state index is -1.19. The van der Waals surface area contributed by atoms with E-state index in [0.29, 0.717) is 5.69 Å². The van der Waals surface area contributed by atoms with Crippen LogP contribution < -0.4 is 5.32 Å². The Morgan fingerprint density at radius 2 is 1.90 bits per heavy atom. The quantitative estimate of drug-likeness (QED) is 0.648. The van der Waals surface area contributed by atoms with Gasteiger partial charge in [-0.2, -0.15) is 0 Å². The van der Waals surface area contributed by atoms with Crippen molar-refractivity contribution in [2.24, 2.45) is 0 Å². The molecule has 0 amide bonds. The molecule has 2 rings (SSSR count). The third kappa shape index (κ3) is 3.36. The number of carboxylic acid groups (broad SMARTS) is 1. The second kappa shape index (κ2) is 6.04. The number of nitro groups is 1. The number of anilines is 1. The SMILES string of the molecule is CC(Nc1ccc(C(=O)O)cc1[N+](=O)[O-])c1ccccc1. The maximum absolute atomic E-state index is 11.1. The molecule has 2 N–H and O–H groups in total. The lowest BCUT2D eigenvalue weighted by Crippen LogP contribution is -2.09. The molecule has 0 saturated carbocycles. The van der Waals surface area contributed by atoms with Crippen molar-refractivity contribution in [2.75, 3.05) is 5.32 Å². The Labute approximate surface area is 121 Å². The molecule has 21 heavy (non-hydrogen) atoms. The van der Waals surface area contributed by atoms with Crippen molar-refractivity contribution in [3.05, 3.63) is 69.8 Å². The van der Waals surface area contributed by atoms with Crippen LogP contribution in [0, 0.1) is 10.1 Å². The van der Waals surface area contributed by atoms with Crippen LogP contribution >= 0.6 is 0 Å². The molecule has 6 heteroatoms. The minimum Gasteiger partial charge on any atom is -0.478 e. The minimum absolute atomic E-state index is 0.111. The summed E-state index contributed by atoms with van der Waals surface area (Å²) >= 11 is 0. The van der Waals surface area contributed by atoms with E-state index < -0.39 is 10.9 Å². The Balaban J connectivity index is 2.31. The van der Waals surface area contributed by atoms with Crippen molar-refractivity contribution in [3.63, 3.8) is 0 Å². The summed E-state index contributed by atoms with van der Waals surface area (Å²) in [4.78, 5) is 21.4. The van der Waals surface area contributed by atoms with Gasteiger partial charge in [0, 0.05) is 12.1 Å². The van der Waals surface area contributed by atoms with Crippen LogP contribution in [0.1, 0.15) is 28.9 Å². The van der Waals surface area contributed by atoms with Crippen LogP contribution in [-0.2, 0) is 0 Å². The molecule has 0 aromatic heterocycles. The van der Waals surface area contributed by atoms with Gasteiger partial charge in [-0.25, -0.2) is 4.79 Å². The number of rotatable bonds is 5. The van der Waals surface area contributed by atoms with E-state index in [-0.39, 0.29) is 17.3 Å². The van der Waals surface area contributed by atoms with Crippen LogP contribution in [0.4, 0.5) is 11.4 Å². The van der Waals surface area contributed by atoms with E-state index in [4.69, 9.17) is 5.11 Å². The topological polar surface area (TPSA) is 92.5 Å². The van der Waals surface area contributed by atoms with E-state index >= 15 is 0 Å². The summed E-state index contributed by atoms with van der Waals surface area (Å²) in [5.74, 6) is -1.19. The Bertz CT molecular complexity index is 671. The molecule has 2 aromatic carbocycles. The van der Waals surface area contributed by atoms with Gasteiger partial charge < -0.3 is 10.4 Å². The van der Waals surface area contributed by atoms with E-state index in [9.17, 15) is 14.9 Å². The molecule has 0 aliphatic carbocycles. The van der Waals surface area contributed by atoms with E-state index in [2.05, 4.69) is 5.32 Å². The standard InChI is InChI=1S/C15H14N2O4/c1-10(11-5-3-2-4-6-11)16-13-8-7-12(15(18)19)9-14(13)17(20)21/h2-10,16H,1H3,(H,18,19). The molecule has 6 nitrogen and oxygen atoms in total. The number of carbonyl (C=O) groups is 1. The second-order valence-corrected chi connectivity index (χ2v) is 4.57. The first-order valence-electron chi connectivity index (χ1n) is 6.32. The highest BCUT2D eigenvalue weighted by Gasteiger charge is 2.18. The van der Waals surface area contributed by atoms with Crippen LogP contribution in [0.15, 0.2) is 48.5 Å². The average molecular weight is 286 g/mol. The molecule has 0 aliphatic heterocycles. The highest BCUT2D eigenvalue weighted by molar-refractivity contribution is 5.89. The van der Waals surface area contributed by atoms with Crippen LogP contribution in [0.5, 0.6) is 0 Å². The lowest BCUT2D eigenvalue weighted by atomic mass is 10.1. The van der Waals surface area contributed by atoms with Crippen LogP contribution in [0.3, 0.4) is 0 Å². The van der Waals surface area contributed by atoms with Crippen molar-refractivity contribution in [1.82, 2.24) is 0 Å². The molecule has 0 spiro atoms. The predicted octanol–water partition coefficient (Wildman–Crippen LogP) is 3.47. The molecule has 0 saturated heterocycles. The Hall–Kier alpha value is -2.89. The van der Waals surface area contributed by atoms with Crippen molar-refractivity contribution in [1.29, 1.82) is 0 Å². The molecule has 108 valence electrons. The third-order valence-corrected chi connectivity index (χ3v) is 3.11. The molecular weight excluding hydrogens is 272 g/mol. The zero-order chi connectivity index (χ0) is 15.4. The van der Waals surface area contributed by atoms with E-state index in [1.807, 2.05) is 37.3 Å². The molecule has 0 radical (unpaired) electrons. The molecule has 1 atom stereocenters. The summed E-state index contributed by atoms with van der Waals surface area (Å²) in [6.45, 7) is 1.88. The van der Waals surface area contributed by atoms with Gasteiger partial charge in [0.15, 0.2) is 0 Å². The lowest BCUT2D eigenvalue weighted by molar-refractivity contribution is -0.384. The van der Waals surface area contributed by atoms with Crippen LogP contribution in [0.2, 0.25) is 0 Å². The summed E-state index contributed by atoms with van der Waals surface area (Å²) in [6.07, 6.45) is 0. The van der Waals surface area contributed by atoms with Gasteiger partial charge in [-0.05, 0) is 24.6 Å². The van der Waals surface area contributed by atoms with Gasteiger partial charge in [0.2, 0.25) is 0 Å². The van der Waals surface area contributed by atoms with Gasteiger partial charge in [0.1, 0.15) is 5.69 Å². The lowest BCUT2D eigenvalue weighted by Gasteiger charge is -2.15. The maximum atomic E-state index is 11.1. The number of nitrogens with one attached hydrogen (secondary N) is 1. The Kier molecular flexibility index (Phi) is 4.18. The van der Waals surface area contributed by atoms with Gasteiger partial charge in [-0.15, -0.1) is 0 Å². The first kappa shape index (κ1) is 14.5. The number of nitro benzene ring substituents is 1. The molecule has 0 bridgehead atoms. The van der Waals surface area contributed by atoms with Crippen LogP contribution in [0.25, 0.3) is 0 Å². The maximum Gasteiger partial charge on any atom is 0.335 e. The van der Waals surface area contributed by atoms with Crippen molar-refractivity contribution < 1.29 is 14.8 Å². The zero-order valence-corrected chi connectivity index (χ0v) is 11.3. The predicted molar refractivity (Wildman–Crippen MR) is 78.5 cm³/mol. The smallest absolute Gasteiger partial charge is 0.335 e. The van der Waals surface area contributed by atoms with Crippen LogP contribution in [-0.4, -0.2) is 16.0 Å². The number of aromatic carboxylic acids is 1. The number of nitrogens with zero attached hydrogens (tertiary/aromatic N) is 1. The highest BCUT2D eigenvalue weighted by Crippen LogP contribution is 2.29. The summed E-state index contributed by atoms with van der Waals surface area (Å²) < 4.78 is 0. The van der Waals surface area contributed by atoms with E-state index in [1.165, 1.54) is 12.1 Å². The fourth-order valence-corrected chi connectivity index (χ4v) is 2.00. The number of hydrogen-bond donors (Lipinski definition) is 2. The van der Waals surface area contributed by atoms with Crippen molar-refractivity contribution in [2.45, 2.75) is 13.0 Å². The Morgan fingerprint density at radius 1 is 1.24 bits per heavy atom. The largest absolute Gasteiger partial charge is 0.478 e. The number of benzene rings is 2. The van der Waals surface area contributed by atoms with Gasteiger partial charge in [-0.1, -0.05) is 30.3 Å². The van der Waals surface area contributed by atoms with Gasteiger partial charge in [0.25, 0.3) is 5.69 Å². The highest BCUT2D eigenvalue weighted by atomic mass is 16.6. The summed E-state index contributed by atoms with van der Waals surface area (Å²) in [7, 11) is 0. The first-order chi connectivity index (χ1) is 9.99. The average Bonchev–Trinajstić information content (AvgIpc) is 2.48. The molecule has 1 unspecified atom stereocenters. The summed E-state index contributed by atoms with van der Waals surface area (Å²) in [5.41, 5.74) is 0.910. The van der Waals surface area contributed by atoms with Gasteiger partial charge in [-0.3, -0.25) is 10.1 Å². The second-order valence-electron chi connectivity index (χ2n) is 4.57. The zero-order valence-electron chi connectivity index (χ0n) is 11.3. The fourth-order valence-electron chi connectivity index (χ4n) is 2.00. The molecule has 0 fully saturated rings. The number of carboxylic acids is 1. The molecule has 2 aromatic rings. The number of hydrogen-bond acceptors (Lipinski definition) is 4. The van der Waals surface area contributed by atoms with Crippen molar-refractivity contribution in [3.8, 4) is 0 Å². The normalized spacial score (nSPS) is 11.7. The monoisotopic (exact) mass is 286 g/mol. The summed E-state index contributed by atoms with van der Waals surface area (Å²) in [5, 5.41) is 23.0. The van der Waals surface area contributed by atoms with E-state index in [0.717, 1.165) is 11.6 Å². The fraction of sp³-hybridized carbons (Fsp3) is 0.133. The van der Waals surface area contributed by atoms with Gasteiger partial charge >= 0.3 is 5.97 Å². The molecular formula is C15H14N2O4. The first-order valence-corrected chi connectivity index (χ1v) is 6.32. The third-order valence-electron chi connectivity index (χ3n) is 3.11. The van der Waals surface area contributed by atoms with E-state index in [1.54, 1.807) is 0 Å². The van der Waals surface area contributed by atoms with Gasteiger partial charge in [0.05, 0.1) is 10.5 Å². The molecule has 0 aliphatic rings. The van der Waals surface area contributed by atoms with Crippen molar-refractivity contribution >= 4 is 17.3 Å². The molecule has 0 heterocycles.